The first-order valence-corrected chi connectivity index (χ1v) is 10.5. The summed E-state index contributed by atoms with van der Waals surface area (Å²) < 4.78 is 22.3. The number of nitrogens with zero attached hydrogens (tertiary/aromatic N) is 1. The molecular formula is C23H26N2O4. The van der Waals surface area contributed by atoms with E-state index < -0.39 is 0 Å². The SMILES string of the molecule is c1cc2c(cc1C(c1ccc3c(c1)COCO3)N1CC3CNCC3C1)COCO2. The quantitative estimate of drug-likeness (QED) is 0.864. The maximum Gasteiger partial charge on any atom is 0.189 e. The summed E-state index contributed by atoms with van der Waals surface area (Å²) in [5.74, 6) is 3.36. The van der Waals surface area contributed by atoms with E-state index >= 15 is 0 Å². The Hall–Kier alpha value is -2.12. The highest BCUT2D eigenvalue weighted by atomic mass is 16.7. The van der Waals surface area contributed by atoms with Crippen molar-refractivity contribution in [2.45, 2.75) is 19.3 Å². The summed E-state index contributed by atoms with van der Waals surface area (Å²) in [7, 11) is 0. The van der Waals surface area contributed by atoms with E-state index in [1.807, 2.05) is 0 Å². The molecule has 2 aromatic rings. The van der Waals surface area contributed by atoms with Crippen LogP contribution in [0.2, 0.25) is 0 Å². The fourth-order valence-corrected chi connectivity index (χ4v) is 5.28. The number of nitrogens with one attached hydrogen (secondary N) is 1. The van der Waals surface area contributed by atoms with Gasteiger partial charge in [0.1, 0.15) is 11.5 Å². The Morgan fingerprint density at radius 1 is 0.793 bits per heavy atom. The lowest BCUT2D eigenvalue weighted by Gasteiger charge is -2.31. The minimum atomic E-state index is 0.208. The Labute approximate surface area is 170 Å². The molecule has 2 unspecified atom stereocenters. The van der Waals surface area contributed by atoms with Gasteiger partial charge in [-0.2, -0.15) is 0 Å². The highest BCUT2D eigenvalue weighted by molar-refractivity contribution is 5.45. The highest BCUT2D eigenvalue weighted by Gasteiger charge is 2.40. The van der Waals surface area contributed by atoms with Gasteiger partial charge >= 0.3 is 0 Å². The van der Waals surface area contributed by atoms with Crippen molar-refractivity contribution in [1.82, 2.24) is 10.2 Å². The maximum atomic E-state index is 5.65. The molecule has 4 aliphatic rings. The third kappa shape index (κ3) is 3.20. The molecule has 2 aromatic carbocycles. The smallest absolute Gasteiger partial charge is 0.189 e. The minimum Gasteiger partial charge on any atom is -0.467 e. The molecular weight excluding hydrogens is 368 g/mol. The van der Waals surface area contributed by atoms with Gasteiger partial charge in [-0.25, -0.2) is 0 Å². The van der Waals surface area contributed by atoms with Gasteiger partial charge in [-0.3, -0.25) is 4.90 Å². The zero-order valence-electron chi connectivity index (χ0n) is 16.4. The number of hydrogen-bond acceptors (Lipinski definition) is 6. The molecule has 0 aromatic heterocycles. The summed E-state index contributed by atoms with van der Waals surface area (Å²) in [6.45, 7) is 6.39. The summed E-state index contributed by atoms with van der Waals surface area (Å²) in [5, 5.41) is 3.55. The zero-order chi connectivity index (χ0) is 19.2. The van der Waals surface area contributed by atoms with E-state index in [4.69, 9.17) is 18.9 Å². The lowest BCUT2D eigenvalue weighted by molar-refractivity contribution is -0.0164. The molecule has 2 atom stereocenters. The van der Waals surface area contributed by atoms with Gasteiger partial charge in [0.25, 0.3) is 0 Å². The molecule has 0 radical (unpaired) electrons. The Balaban J connectivity index is 1.40. The molecule has 0 spiro atoms. The summed E-state index contributed by atoms with van der Waals surface area (Å²) in [4.78, 5) is 2.65. The van der Waals surface area contributed by atoms with Gasteiger partial charge in [0.15, 0.2) is 13.6 Å². The highest BCUT2D eigenvalue weighted by Crippen LogP contribution is 2.40. The van der Waals surface area contributed by atoms with Crippen molar-refractivity contribution in [1.29, 1.82) is 0 Å². The Kier molecular flexibility index (Phi) is 4.45. The molecule has 6 nitrogen and oxygen atoms in total. The molecule has 6 heteroatoms. The largest absolute Gasteiger partial charge is 0.467 e. The van der Waals surface area contributed by atoms with Crippen molar-refractivity contribution in [3.63, 3.8) is 0 Å². The van der Waals surface area contributed by atoms with Gasteiger partial charge in [0.2, 0.25) is 0 Å². The Morgan fingerprint density at radius 3 is 1.90 bits per heavy atom. The minimum absolute atomic E-state index is 0.208. The Morgan fingerprint density at radius 2 is 1.34 bits per heavy atom. The van der Waals surface area contributed by atoms with Gasteiger partial charge in [0, 0.05) is 24.2 Å². The van der Waals surface area contributed by atoms with E-state index in [1.165, 1.54) is 11.1 Å². The first-order valence-electron chi connectivity index (χ1n) is 10.5. The number of benzene rings is 2. The van der Waals surface area contributed by atoms with E-state index in [1.54, 1.807) is 0 Å². The average molecular weight is 394 g/mol. The number of ether oxygens (including phenoxy) is 4. The molecule has 152 valence electrons. The molecule has 2 fully saturated rings. The molecule has 4 heterocycles. The topological polar surface area (TPSA) is 52.2 Å². The van der Waals surface area contributed by atoms with Crippen LogP contribution in [0.4, 0.5) is 0 Å². The predicted octanol–water partition coefficient (Wildman–Crippen LogP) is 2.66. The van der Waals surface area contributed by atoms with Crippen LogP contribution in [0.3, 0.4) is 0 Å². The normalized spacial score (nSPS) is 25.8. The van der Waals surface area contributed by atoms with Gasteiger partial charge in [-0.1, -0.05) is 12.1 Å². The second-order valence-corrected chi connectivity index (χ2v) is 8.49. The third-order valence-electron chi connectivity index (χ3n) is 6.69. The molecule has 2 saturated heterocycles. The summed E-state index contributed by atoms with van der Waals surface area (Å²) in [6, 6.07) is 13.4. The molecule has 0 saturated carbocycles. The van der Waals surface area contributed by atoms with Crippen molar-refractivity contribution in [3.8, 4) is 11.5 Å². The fraction of sp³-hybridized carbons (Fsp3) is 0.478. The summed E-state index contributed by atoms with van der Waals surface area (Å²) in [6.07, 6.45) is 0. The van der Waals surface area contributed by atoms with Crippen LogP contribution in [-0.4, -0.2) is 44.7 Å². The molecule has 29 heavy (non-hydrogen) atoms. The number of hydrogen-bond donors (Lipinski definition) is 1. The van der Waals surface area contributed by atoms with Crippen LogP contribution < -0.4 is 14.8 Å². The lowest BCUT2D eigenvalue weighted by Crippen LogP contribution is -2.31. The van der Waals surface area contributed by atoms with Crippen molar-refractivity contribution in [2.24, 2.45) is 11.8 Å². The number of rotatable bonds is 3. The van der Waals surface area contributed by atoms with E-state index in [-0.39, 0.29) is 6.04 Å². The van der Waals surface area contributed by atoms with Crippen molar-refractivity contribution >= 4 is 0 Å². The van der Waals surface area contributed by atoms with Crippen LogP contribution in [0.25, 0.3) is 0 Å². The lowest BCUT2D eigenvalue weighted by atomic mass is 9.93. The van der Waals surface area contributed by atoms with Crippen LogP contribution >= 0.6 is 0 Å². The van der Waals surface area contributed by atoms with E-state index in [0.29, 0.717) is 26.8 Å². The van der Waals surface area contributed by atoms with E-state index in [9.17, 15) is 0 Å². The molecule has 6 rings (SSSR count). The molecule has 0 aliphatic carbocycles. The van der Waals surface area contributed by atoms with Gasteiger partial charge in [-0.05, 0) is 60.3 Å². The summed E-state index contributed by atoms with van der Waals surface area (Å²) in [5.41, 5.74) is 4.85. The fourth-order valence-electron chi connectivity index (χ4n) is 5.28. The van der Waals surface area contributed by atoms with Gasteiger partial charge in [-0.15, -0.1) is 0 Å². The van der Waals surface area contributed by atoms with Crippen molar-refractivity contribution in [3.05, 3.63) is 58.7 Å². The standard InChI is InChI=1S/C23H26N2O4/c1-3-21-17(11-26-13-28-21)5-15(1)23(25-9-19-7-24-8-20(19)10-25)16-2-4-22-18(6-16)12-27-14-29-22/h1-6,19-20,23-24H,7-14H2. The van der Waals surface area contributed by atoms with Crippen molar-refractivity contribution < 1.29 is 18.9 Å². The molecule has 0 bridgehead atoms. The summed E-state index contributed by atoms with van der Waals surface area (Å²) >= 11 is 0. The van der Waals surface area contributed by atoms with E-state index in [0.717, 1.165) is 60.6 Å². The second kappa shape index (κ2) is 7.29. The number of likely N-dealkylation sites (tertiary alicyclic amines) is 1. The van der Waals surface area contributed by atoms with Crippen LogP contribution in [0.1, 0.15) is 28.3 Å². The molecule has 0 amide bonds. The first-order chi connectivity index (χ1) is 14.3. The Bertz CT molecular complexity index is 846. The number of fused-ring (bicyclic) bond motifs is 3. The van der Waals surface area contributed by atoms with Crippen LogP contribution in [0.15, 0.2) is 36.4 Å². The second-order valence-electron chi connectivity index (χ2n) is 8.49. The average Bonchev–Trinajstić information content (AvgIpc) is 3.36. The maximum absolute atomic E-state index is 5.65. The van der Waals surface area contributed by atoms with Crippen LogP contribution in [-0.2, 0) is 22.7 Å². The zero-order valence-corrected chi connectivity index (χ0v) is 16.4. The van der Waals surface area contributed by atoms with E-state index in [2.05, 4.69) is 46.6 Å². The molecule has 1 N–H and O–H groups in total. The van der Waals surface area contributed by atoms with Gasteiger partial charge in [0.05, 0.1) is 19.3 Å². The predicted molar refractivity (Wildman–Crippen MR) is 107 cm³/mol. The van der Waals surface area contributed by atoms with Crippen LogP contribution in [0.5, 0.6) is 11.5 Å². The monoisotopic (exact) mass is 394 g/mol. The van der Waals surface area contributed by atoms with Crippen molar-refractivity contribution in [2.75, 3.05) is 39.8 Å². The third-order valence-corrected chi connectivity index (χ3v) is 6.69. The van der Waals surface area contributed by atoms with Gasteiger partial charge < -0.3 is 24.3 Å². The molecule has 4 aliphatic heterocycles. The first kappa shape index (κ1) is 17.7. The van der Waals surface area contributed by atoms with Crippen LogP contribution in [0, 0.1) is 11.8 Å².